The van der Waals surface area contributed by atoms with E-state index in [1.165, 1.54) is 45.1 Å². The van der Waals surface area contributed by atoms with Crippen molar-refractivity contribution in [3.8, 4) is 0 Å². The molecule has 6 aliphatic rings. The van der Waals surface area contributed by atoms with E-state index in [9.17, 15) is 9.59 Å². The van der Waals surface area contributed by atoms with E-state index < -0.39 is 0 Å². The number of nitrogens with one attached hydrogen (secondary N) is 1. The summed E-state index contributed by atoms with van der Waals surface area (Å²) in [4.78, 5) is 24.5. The first kappa shape index (κ1) is 29.9. The molecule has 1 spiro atoms. The minimum Gasteiger partial charge on any atom is -0.463 e. The van der Waals surface area contributed by atoms with Gasteiger partial charge < -0.3 is 19.7 Å². The van der Waals surface area contributed by atoms with Crippen LogP contribution in [0.25, 0.3) is 0 Å². The number of ether oxygens (including phenoxy) is 2. The summed E-state index contributed by atoms with van der Waals surface area (Å²) in [6.07, 6.45) is 10.9. The number of likely N-dealkylation sites (tertiary alicyclic amines) is 1. The Labute approximate surface area is 253 Å². The lowest BCUT2D eigenvalue weighted by atomic mass is 9.57. The predicted octanol–water partition coefficient (Wildman–Crippen LogP) is 6.29. The number of fused-ring (bicyclic) bond motifs is 6. The van der Waals surface area contributed by atoms with Gasteiger partial charge in [0.15, 0.2) is 0 Å². The van der Waals surface area contributed by atoms with Crippen LogP contribution < -0.4 is 5.32 Å². The van der Waals surface area contributed by atoms with Gasteiger partial charge in [-0.25, -0.2) is 0 Å². The summed E-state index contributed by atoms with van der Waals surface area (Å²) in [5.74, 6) is 3.95. The highest BCUT2D eigenvalue weighted by Crippen LogP contribution is 2.62. The van der Waals surface area contributed by atoms with Crippen molar-refractivity contribution in [2.45, 2.75) is 116 Å². The van der Waals surface area contributed by atoms with Crippen molar-refractivity contribution in [3.05, 3.63) is 47.0 Å². The van der Waals surface area contributed by atoms with Gasteiger partial charge in [0.25, 0.3) is 6.47 Å². The van der Waals surface area contributed by atoms with Crippen molar-refractivity contribution in [2.75, 3.05) is 13.6 Å². The molecule has 230 valence electrons. The molecule has 3 heterocycles. The van der Waals surface area contributed by atoms with Crippen LogP contribution in [0.4, 0.5) is 0 Å². The summed E-state index contributed by atoms with van der Waals surface area (Å²) >= 11 is 0. The molecule has 0 radical (unpaired) electrons. The molecular formula is C36H52N2O4. The predicted molar refractivity (Wildman–Crippen MR) is 164 cm³/mol. The third-order valence-corrected chi connectivity index (χ3v) is 12.6. The summed E-state index contributed by atoms with van der Waals surface area (Å²) in [7, 11) is 2.33. The lowest BCUT2D eigenvalue weighted by Crippen LogP contribution is -2.57. The van der Waals surface area contributed by atoms with Crippen molar-refractivity contribution in [1.29, 1.82) is 0 Å². The first-order valence-corrected chi connectivity index (χ1v) is 16.6. The van der Waals surface area contributed by atoms with E-state index in [1.54, 1.807) is 11.1 Å². The smallest absolute Gasteiger partial charge is 0.293 e. The van der Waals surface area contributed by atoms with Crippen LogP contribution in [0.15, 0.2) is 41.5 Å². The average molecular weight is 577 g/mol. The fraction of sp³-hybridized carbons (Fsp3) is 0.722. The number of allylic oxidation sites excluding steroid dienone is 1. The second-order valence-corrected chi connectivity index (χ2v) is 15.0. The minimum atomic E-state index is 0.0461. The van der Waals surface area contributed by atoms with Crippen LogP contribution >= 0.6 is 0 Å². The van der Waals surface area contributed by atoms with Crippen LogP contribution in [0.1, 0.15) is 91.0 Å². The second-order valence-electron chi connectivity index (χ2n) is 15.0. The van der Waals surface area contributed by atoms with Gasteiger partial charge in [-0.15, -0.1) is 0 Å². The molecule has 3 saturated heterocycles. The van der Waals surface area contributed by atoms with Gasteiger partial charge in [-0.1, -0.05) is 62.2 Å². The molecule has 0 aromatic heterocycles. The molecule has 1 aromatic rings. The Balaban J connectivity index is 0.000000269. The van der Waals surface area contributed by atoms with Crippen molar-refractivity contribution >= 4 is 12.4 Å². The van der Waals surface area contributed by atoms with Gasteiger partial charge in [0, 0.05) is 31.0 Å². The zero-order valence-electron chi connectivity index (χ0n) is 26.4. The van der Waals surface area contributed by atoms with Gasteiger partial charge in [0.1, 0.15) is 6.61 Å². The van der Waals surface area contributed by atoms with Crippen LogP contribution in [0.2, 0.25) is 0 Å². The van der Waals surface area contributed by atoms with Crippen molar-refractivity contribution in [2.24, 2.45) is 35.0 Å². The lowest BCUT2D eigenvalue weighted by molar-refractivity contribution is -0.130. The van der Waals surface area contributed by atoms with E-state index >= 15 is 0 Å². The van der Waals surface area contributed by atoms with Gasteiger partial charge in [-0.3, -0.25) is 9.59 Å². The Morgan fingerprint density at radius 1 is 1.14 bits per heavy atom. The van der Waals surface area contributed by atoms with Crippen molar-refractivity contribution in [1.82, 2.24) is 10.2 Å². The maximum atomic E-state index is 12.1. The molecular weight excluding hydrogens is 524 g/mol. The Hall–Kier alpha value is -2.18. The van der Waals surface area contributed by atoms with Crippen LogP contribution in [0, 0.1) is 35.0 Å². The topological polar surface area (TPSA) is 67.9 Å². The second kappa shape index (κ2) is 11.7. The number of nitrogens with zero attached hydrogens (tertiary/aromatic N) is 1. The monoisotopic (exact) mass is 576 g/mol. The lowest BCUT2D eigenvalue weighted by Gasteiger charge is -2.52. The maximum Gasteiger partial charge on any atom is 0.293 e. The number of hydrogen-bond donors (Lipinski definition) is 1. The number of benzene rings is 1. The zero-order chi connectivity index (χ0) is 29.6. The molecule has 6 heteroatoms. The SMILES string of the molecule is CC1=C2CC3C(CCC4NC(=O)CCC43C)C2CCC2(C1)OC1CC(C)CN(C)C1C2C.O=COCc1ccccc1. The van der Waals surface area contributed by atoms with Crippen LogP contribution in [0.5, 0.6) is 0 Å². The van der Waals surface area contributed by atoms with Gasteiger partial charge >= 0.3 is 0 Å². The number of amides is 1. The van der Waals surface area contributed by atoms with E-state index in [1.807, 2.05) is 30.3 Å². The highest BCUT2D eigenvalue weighted by molar-refractivity contribution is 5.77. The normalized spacial score (nSPS) is 42.7. The Morgan fingerprint density at radius 3 is 2.69 bits per heavy atom. The van der Waals surface area contributed by atoms with E-state index in [0.717, 1.165) is 48.5 Å². The summed E-state index contributed by atoms with van der Waals surface area (Å²) < 4.78 is 11.6. The van der Waals surface area contributed by atoms with Gasteiger partial charge in [-0.05, 0) is 100.0 Å². The Morgan fingerprint density at radius 2 is 1.93 bits per heavy atom. The van der Waals surface area contributed by atoms with E-state index in [0.29, 0.717) is 42.6 Å². The average Bonchev–Trinajstić information content (AvgIpc) is 3.43. The molecule has 10 atom stereocenters. The number of hydrogen-bond acceptors (Lipinski definition) is 5. The molecule has 0 bridgehead atoms. The number of likely N-dealkylation sites (N-methyl/N-ethyl adjacent to an activating group) is 1. The third-order valence-electron chi connectivity index (χ3n) is 12.6. The Bertz CT molecular complexity index is 1180. The summed E-state index contributed by atoms with van der Waals surface area (Å²) in [5.41, 5.74) is 4.80. The maximum absolute atomic E-state index is 12.1. The Kier molecular flexibility index (Phi) is 8.34. The van der Waals surface area contributed by atoms with Crippen LogP contribution in [0.3, 0.4) is 0 Å². The molecule has 3 aliphatic heterocycles. The zero-order valence-corrected chi connectivity index (χ0v) is 26.4. The number of carbonyl (C=O) groups excluding carboxylic acids is 2. The minimum absolute atomic E-state index is 0.0461. The first-order chi connectivity index (χ1) is 20.1. The molecule has 2 saturated carbocycles. The molecule has 5 fully saturated rings. The summed E-state index contributed by atoms with van der Waals surface area (Å²) in [6, 6.07) is 10.5. The van der Waals surface area contributed by atoms with Crippen molar-refractivity contribution < 1.29 is 19.1 Å². The number of rotatable bonds is 3. The molecule has 6 nitrogen and oxygen atoms in total. The summed E-state index contributed by atoms with van der Waals surface area (Å²) in [6.45, 7) is 11.9. The van der Waals surface area contributed by atoms with Crippen LogP contribution in [-0.2, 0) is 25.7 Å². The van der Waals surface area contributed by atoms with Gasteiger partial charge in [0.05, 0.1) is 11.7 Å². The quantitative estimate of drug-likeness (QED) is 0.338. The molecule has 1 N–H and O–H groups in total. The number of piperidine rings is 2. The number of carbonyl (C=O) groups is 2. The largest absolute Gasteiger partial charge is 0.463 e. The van der Waals surface area contributed by atoms with E-state index in [4.69, 9.17) is 4.74 Å². The fourth-order valence-corrected chi connectivity index (χ4v) is 10.6. The van der Waals surface area contributed by atoms with Crippen LogP contribution in [-0.4, -0.2) is 54.7 Å². The highest BCUT2D eigenvalue weighted by atomic mass is 16.5. The first-order valence-electron chi connectivity index (χ1n) is 16.6. The van der Waals surface area contributed by atoms with E-state index in [2.05, 4.69) is 49.7 Å². The molecule has 10 unspecified atom stereocenters. The van der Waals surface area contributed by atoms with Crippen molar-refractivity contribution in [3.63, 3.8) is 0 Å². The molecule has 1 amide bonds. The van der Waals surface area contributed by atoms with E-state index in [-0.39, 0.29) is 11.5 Å². The fourth-order valence-electron chi connectivity index (χ4n) is 10.6. The third kappa shape index (κ3) is 5.25. The standard InChI is InChI=1S/C28H44N2O2.C8H8O2/c1-16-12-23-26(30(5)15-16)18(3)28(32-23)11-8-19-20-6-7-24-27(4,10-9-25(31)29-24)22(20)13-21(19)17(2)14-28;9-7-10-6-8-4-2-1-3-5-8/h16,18-20,22-24,26H,6-15H2,1-5H3,(H,29,31);1-5,7H,6H2. The molecule has 7 rings (SSSR count). The highest BCUT2D eigenvalue weighted by Gasteiger charge is 2.60. The molecule has 3 aliphatic carbocycles. The molecule has 1 aromatic carbocycles. The molecule has 42 heavy (non-hydrogen) atoms. The summed E-state index contributed by atoms with van der Waals surface area (Å²) in [5, 5.41) is 3.38. The van der Waals surface area contributed by atoms with Gasteiger partial charge in [-0.2, -0.15) is 0 Å². The van der Waals surface area contributed by atoms with Gasteiger partial charge in [0.2, 0.25) is 5.91 Å².